The van der Waals surface area contributed by atoms with E-state index in [9.17, 15) is 38.2 Å². The van der Waals surface area contributed by atoms with Crippen LogP contribution >= 0.6 is 11.3 Å². The summed E-state index contributed by atoms with van der Waals surface area (Å²) in [6.07, 6.45) is -4.80. The summed E-state index contributed by atoms with van der Waals surface area (Å²) in [5.74, 6) is -0.929. The highest BCUT2D eigenvalue weighted by Crippen LogP contribution is 2.34. The molecule has 11 nitrogen and oxygen atoms in total. The number of non-ortho nitro benzene ring substituents is 2. The molecule has 0 bridgehead atoms. The zero-order valence-electron chi connectivity index (χ0n) is 17.0. The third-order valence-corrected chi connectivity index (χ3v) is 6.07. The van der Waals surface area contributed by atoms with Gasteiger partial charge >= 0.3 is 6.36 Å². The van der Waals surface area contributed by atoms with Gasteiger partial charge in [0, 0.05) is 44.4 Å². The number of benzene rings is 2. The molecule has 0 saturated carbocycles. The molecule has 0 N–H and O–H groups in total. The second-order valence-electron chi connectivity index (χ2n) is 7.21. The Morgan fingerprint density at radius 1 is 1.00 bits per heavy atom. The first kappa shape index (κ1) is 23.2. The summed E-state index contributed by atoms with van der Waals surface area (Å²) in [5, 5.41) is 22.7. The van der Waals surface area contributed by atoms with Crippen molar-refractivity contribution < 1.29 is 32.5 Å². The molecule has 2 heterocycles. The molecule has 1 aliphatic heterocycles. The number of ether oxygens (including phenoxy) is 1. The predicted octanol–water partition coefficient (Wildman–Crippen LogP) is 3.97. The van der Waals surface area contributed by atoms with Crippen LogP contribution in [0.3, 0.4) is 0 Å². The van der Waals surface area contributed by atoms with Crippen LogP contribution < -0.4 is 9.64 Å². The number of thiazole rings is 1. The monoisotopic (exact) mass is 497 g/mol. The maximum atomic E-state index is 12.8. The molecule has 178 valence electrons. The SMILES string of the molecule is O=C(c1cc([N+](=O)[O-])cc([N+](=O)[O-])c1)N1CCN(c2nc3ccc(OC(F)(F)F)cc3s2)CC1. The molecule has 4 rings (SSSR count). The van der Waals surface area contributed by atoms with Crippen molar-refractivity contribution in [1.82, 2.24) is 9.88 Å². The molecule has 1 amide bonds. The van der Waals surface area contributed by atoms with Gasteiger partial charge in [0.1, 0.15) is 5.75 Å². The second-order valence-corrected chi connectivity index (χ2v) is 8.21. The summed E-state index contributed by atoms with van der Waals surface area (Å²) in [7, 11) is 0. The zero-order valence-corrected chi connectivity index (χ0v) is 17.8. The van der Waals surface area contributed by atoms with Crippen molar-refractivity contribution in [1.29, 1.82) is 0 Å². The Balaban J connectivity index is 1.47. The minimum Gasteiger partial charge on any atom is -0.406 e. The molecule has 0 unspecified atom stereocenters. The van der Waals surface area contributed by atoms with Gasteiger partial charge < -0.3 is 14.5 Å². The van der Waals surface area contributed by atoms with E-state index >= 15 is 0 Å². The predicted molar refractivity (Wildman–Crippen MR) is 114 cm³/mol. The lowest BCUT2D eigenvalue weighted by molar-refractivity contribution is -0.394. The Kier molecular flexibility index (Phi) is 5.95. The van der Waals surface area contributed by atoms with Crippen molar-refractivity contribution in [3.05, 3.63) is 62.2 Å². The van der Waals surface area contributed by atoms with Crippen LogP contribution in [0.2, 0.25) is 0 Å². The number of nitro benzene ring substituents is 2. The molecular weight excluding hydrogens is 483 g/mol. The number of amides is 1. The van der Waals surface area contributed by atoms with Crippen LogP contribution in [0, 0.1) is 20.2 Å². The highest BCUT2D eigenvalue weighted by atomic mass is 32.1. The van der Waals surface area contributed by atoms with E-state index in [2.05, 4.69) is 9.72 Å². The van der Waals surface area contributed by atoms with E-state index in [1.54, 1.807) is 0 Å². The fraction of sp³-hybridized carbons (Fsp3) is 0.263. The number of hydrogen-bond acceptors (Lipinski definition) is 9. The number of hydrogen-bond donors (Lipinski definition) is 0. The number of carbonyl (C=O) groups excluding carboxylic acids is 1. The smallest absolute Gasteiger partial charge is 0.406 e. The maximum absolute atomic E-state index is 12.8. The van der Waals surface area contributed by atoms with Gasteiger partial charge in [-0.1, -0.05) is 11.3 Å². The first-order chi connectivity index (χ1) is 16.0. The Bertz CT molecular complexity index is 1260. The largest absolute Gasteiger partial charge is 0.573 e. The van der Waals surface area contributed by atoms with Gasteiger partial charge in [0.05, 0.1) is 31.7 Å². The first-order valence-corrected chi connectivity index (χ1v) is 10.5. The van der Waals surface area contributed by atoms with Crippen molar-refractivity contribution in [3.63, 3.8) is 0 Å². The number of rotatable bonds is 5. The molecule has 1 aliphatic rings. The van der Waals surface area contributed by atoms with Gasteiger partial charge in [-0.3, -0.25) is 25.0 Å². The van der Waals surface area contributed by atoms with Crippen LogP contribution in [0.4, 0.5) is 29.7 Å². The molecule has 1 aromatic heterocycles. The van der Waals surface area contributed by atoms with Gasteiger partial charge in [-0.25, -0.2) is 4.98 Å². The highest BCUT2D eigenvalue weighted by Gasteiger charge is 2.31. The number of fused-ring (bicyclic) bond motifs is 1. The summed E-state index contributed by atoms with van der Waals surface area (Å²) in [5.41, 5.74) is -0.775. The van der Waals surface area contributed by atoms with Gasteiger partial charge in [0.2, 0.25) is 0 Å². The Labute approximate surface area is 192 Å². The van der Waals surface area contributed by atoms with Crippen LogP contribution in [0.15, 0.2) is 36.4 Å². The Hall–Kier alpha value is -4.01. The van der Waals surface area contributed by atoms with Crippen molar-refractivity contribution in [2.45, 2.75) is 6.36 Å². The Morgan fingerprint density at radius 2 is 1.62 bits per heavy atom. The van der Waals surface area contributed by atoms with Crippen molar-refractivity contribution >= 4 is 44.0 Å². The molecular formula is C19H14F3N5O6S. The van der Waals surface area contributed by atoms with Crippen molar-refractivity contribution in [3.8, 4) is 5.75 Å². The average Bonchev–Trinajstić information content (AvgIpc) is 3.20. The lowest BCUT2D eigenvalue weighted by Crippen LogP contribution is -2.48. The zero-order chi connectivity index (χ0) is 24.6. The van der Waals surface area contributed by atoms with Gasteiger partial charge in [0.25, 0.3) is 17.3 Å². The second kappa shape index (κ2) is 8.74. The number of nitrogens with zero attached hydrogens (tertiary/aromatic N) is 5. The van der Waals surface area contributed by atoms with E-state index < -0.39 is 33.5 Å². The molecule has 15 heteroatoms. The number of halogens is 3. The summed E-state index contributed by atoms with van der Waals surface area (Å²) >= 11 is 1.17. The maximum Gasteiger partial charge on any atom is 0.573 e. The minimum absolute atomic E-state index is 0.161. The normalized spacial score (nSPS) is 14.3. The third-order valence-electron chi connectivity index (χ3n) is 4.99. The molecule has 1 fully saturated rings. The van der Waals surface area contributed by atoms with Gasteiger partial charge in [0.15, 0.2) is 5.13 Å². The molecule has 0 spiro atoms. The summed E-state index contributed by atoms with van der Waals surface area (Å²) < 4.78 is 41.8. The highest BCUT2D eigenvalue weighted by molar-refractivity contribution is 7.22. The van der Waals surface area contributed by atoms with E-state index in [0.29, 0.717) is 28.4 Å². The molecule has 2 aromatic carbocycles. The van der Waals surface area contributed by atoms with Gasteiger partial charge in [-0.05, 0) is 12.1 Å². The fourth-order valence-corrected chi connectivity index (χ4v) is 4.48. The number of piperazine rings is 1. The van der Waals surface area contributed by atoms with Crippen LogP contribution in [-0.2, 0) is 0 Å². The van der Waals surface area contributed by atoms with Crippen molar-refractivity contribution in [2.24, 2.45) is 0 Å². The van der Waals surface area contributed by atoms with E-state index in [1.807, 2.05) is 4.90 Å². The first-order valence-electron chi connectivity index (χ1n) is 9.64. The number of carbonyl (C=O) groups is 1. The van der Waals surface area contributed by atoms with Crippen LogP contribution in [0.5, 0.6) is 5.75 Å². The van der Waals surface area contributed by atoms with Crippen molar-refractivity contribution in [2.75, 3.05) is 31.1 Å². The third kappa shape index (κ3) is 4.98. The van der Waals surface area contributed by atoms with Crippen LogP contribution in [-0.4, -0.2) is 58.2 Å². The number of alkyl halides is 3. The van der Waals surface area contributed by atoms with Crippen LogP contribution in [0.1, 0.15) is 10.4 Å². The number of nitro groups is 2. The van der Waals surface area contributed by atoms with E-state index in [0.717, 1.165) is 18.2 Å². The van der Waals surface area contributed by atoms with E-state index in [-0.39, 0.29) is 24.4 Å². The summed E-state index contributed by atoms with van der Waals surface area (Å²) in [4.78, 5) is 41.1. The lowest BCUT2D eigenvalue weighted by Gasteiger charge is -2.34. The molecule has 0 atom stereocenters. The molecule has 0 radical (unpaired) electrons. The quantitative estimate of drug-likeness (QED) is 0.382. The number of aromatic nitrogens is 1. The van der Waals surface area contributed by atoms with Crippen LogP contribution in [0.25, 0.3) is 10.2 Å². The number of anilines is 1. The average molecular weight is 497 g/mol. The topological polar surface area (TPSA) is 132 Å². The van der Waals surface area contributed by atoms with E-state index in [4.69, 9.17) is 0 Å². The van der Waals surface area contributed by atoms with Gasteiger partial charge in [-0.2, -0.15) is 0 Å². The summed E-state index contributed by atoms with van der Waals surface area (Å²) in [6, 6.07) is 6.62. The molecule has 0 aliphatic carbocycles. The van der Waals surface area contributed by atoms with Gasteiger partial charge in [-0.15, -0.1) is 13.2 Å². The lowest BCUT2D eigenvalue weighted by atomic mass is 10.1. The standard InChI is InChI=1S/C19H14F3N5O6S/c20-19(21,22)33-14-1-2-15-16(10-14)34-18(23-15)25-5-3-24(4-6-25)17(28)11-7-12(26(29)30)9-13(8-11)27(31)32/h1-2,7-10H,3-6H2. The van der Waals surface area contributed by atoms with E-state index in [1.165, 1.54) is 34.4 Å². The molecule has 1 saturated heterocycles. The Morgan fingerprint density at radius 3 is 2.18 bits per heavy atom. The molecule has 3 aromatic rings. The fourth-order valence-electron chi connectivity index (χ4n) is 3.44. The molecule has 34 heavy (non-hydrogen) atoms. The minimum atomic E-state index is -4.80. The summed E-state index contributed by atoms with van der Waals surface area (Å²) in [6.45, 7) is 1.12.